The SMILES string of the molecule is CCCCCCCC/C=C\CCCCCCCCN(CCCCCCCCCCCCCCCC)C(=O)[C@@H](N)C(N)C(=O)[C@@H](N)CCCN=C(N)N. The fourth-order valence-electron chi connectivity index (χ4n) is 6.83. The van der Waals surface area contributed by atoms with Crippen molar-refractivity contribution in [2.24, 2.45) is 33.7 Å². The molecule has 0 aromatic heterocycles. The van der Waals surface area contributed by atoms with E-state index in [4.69, 9.17) is 28.7 Å². The van der Waals surface area contributed by atoms with Crippen LogP contribution < -0.4 is 28.7 Å². The van der Waals surface area contributed by atoms with Gasteiger partial charge in [0, 0.05) is 19.6 Å². The maximum absolute atomic E-state index is 13.6. The van der Waals surface area contributed by atoms with Gasteiger partial charge in [-0.3, -0.25) is 14.6 Å². The third-order valence-corrected chi connectivity index (χ3v) is 10.4. The Morgan fingerprint density at radius 1 is 0.519 bits per heavy atom. The Hall–Kier alpha value is -1.97. The lowest BCUT2D eigenvalue weighted by molar-refractivity contribution is -0.136. The average molecular weight is 734 g/mol. The molecule has 0 saturated carbocycles. The van der Waals surface area contributed by atoms with Crippen LogP contribution in [0, 0.1) is 0 Å². The number of rotatable bonds is 39. The number of nitrogens with two attached hydrogens (primary N) is 5. The third-order valence-electron chi connectivity index (χ3n) is 10.4. The topological polar surface area (TPSA) is 180 Å². The highest BCUT2D eigenvalue weighted by Crippen LogP contribution is 2.15. The number of hydrogen-bond acceptors (Lipinski definition) is 6. The van der Waals surface area contributed by atoms with Crippen molar-refractivity contribution in [3.05, 3.63) is 12.2 Å². The number of amides is 1. The summed E-state index contributed by atoms with van der Waals surface area (Å²) in [6.07, 6.45) is 41.1. The van der Waals surface area contributed by atoms with E-state index in [0.717, 1.165) is 25.7 Å². The highest BCUT2D eigenvalue weighted by Gasteiger charge is 2.32. The van der Waals surface area contributed by atoms with E-state index < -0.39 is 18.1 Å². The van der Waals surface area contributed by atoms with Gasteiger partial charge >= 0.3 is 0 Å². The minimum Gasteiger partial charge on any atom is -0.370 e. The smallest absolute Gasteiger partial charge is 0.241 e. The summed E-state index contributed by atoms with van der Waals surface area (Å²) in [6.45, 7) is 6.22. The molecular weight excluding hydrogens is 647 g/mol. The van der Waals surface area contributed by atoms with Gasteiger partial charge in [-0.2, -0.15) is 0 Å². The Balaban J connectivity index is 4.57. The van der Waals surface area contributed by atoms with Gasteiger partial charge < -0.3 is 33.6 Å². The maximum atomic E-state index is 13.6. The molecule has 0 aromatic rings. The van der Waals surface area contributed by atoms with Crippen molar-refractivity contribution in [2.75, 3.05) is 19.6 Å². The van der Waals surface area contributed by atoms with Crippen molar-refractivity contribution in [3.63, 3.8) is 0 Å². The van der Waals surface area contributed by atoms with Crippen LogP contribution in [0.15, 0.2) is 17.1 Å². The summed E-state index contributed by atoms with van der Waals surface area (Å²) in [5.41, 5.74) is 29.5. The molecule has 9 nitrogen and oxygen atoms in total. The van der Waals surface area contributed by atoms with E-state index in [1.165, 1.54) is 154 Å². The number of carbonyl (C=O) groups is 2. The lowest BCUT2D eigenvalue weighted by Crippen LogP contribution is -2.59. The van der Waals surface area contributed by atoms with Crippen LogP contribution in [0.2, 0.25) is 0 Å². The van der Waals surface area contributed by atoms with Crippen molar-refractivity contribution in [3.8, 4) is 0 Å². The molecule has 10 N–H and O–H groups in total. The highest BCUT2D eigenvalue weighted by atomic mass is 16.2. The molecule has 0 aliphatic rings. The summed E-state index contributed by atoms with van der Waals surface area (Å²) in [4.78, 5) is 32.3. The van der Waals surface area contributed by atoms with Crippen LogP contribution in [-0.2, 0) is 9.59 Å². The monoisotopic (exact) mass is 734 g/mol. The second-order valence-corrected chi connectivity index (χ2v) is 15.4. The van der Waals surface area contributed by atoms with E-state index in [0.29, 0.717) is 32.5 Å². The van der Waals surface area contributed by atoms with Gasteiger partial charge in [0.05, 0.1) is 12.1 Å². The molecule has 0 radical (unpaired) electrons. The maximum Gasteiger partial charge on any atom is 0.241 e. The minimum absolute atomic E-state index is 0.00452. The number of ketones is 1. The van der Waals surface area contributed by atoms with Gasteiger partial charge in [-0.05, 0) is 51.4 Å². The molecule has 3 atom stereocenters. The minimum atomic E-state index is -1.13. The predicted octanol–water partition coefficient (Wildman–Crippen LogP) is 8.94. The molecule has 0 aliphatic carbocycles. The molecule has 0 aliphatic heterocycles. The largest absolute Gasteiger partial charge is 0.370 e. The fourth-order valence-corrected chi connectivity index (χ4v) is 6.83. The second kappa shape index (κ2) is 37.3. The number of nitrogens with zero attached hydrogens (tertiary/aromatic N) is 2. The first kappa shape index (κ1) is 50.0. The van der Waals surface area contributed by atoms with Gasteiger partial charge in [0.1, 0.15) is 6.04 Å². The van der Waals surface area contributed by atoms with E-state index in [-0.39, 0.29) is 17.6 Å². The van der Waals surface area contributed by atoms with Crippen LogP contribution in [0.1, 0.15) is 206 Å². The van der Waals surface area contributed by atoms with Gasteiger partial charge in [-0.1, -0.05) is 167 Å². The number of Topliss-reactive ketones (excluding diaryl/α,β-unsaturated/α-hetero) is 1. The van der Waals surface area contributed by atoms with Crippen molar-refractivity contribution >= 4 is 17.6 Å². The first-order valence-electron chi connectivity index (χ1n) is 22.1. The van der Waals surface area contributed by atoms with Gasteiger partial charge in [0.15, 0.2) is 11.7 Å². The summed E-state index contributed by atoms with van der Waals surface area (Å²) < 4.78 is 0. The van der Waals surface area contributed by atoms with E-state index in [1.54, 1.807) is 0 Å². The average Bonchev–Trinajstić information content (AvgIpc) is 3.14. The van der Waals surface area contributed by atoms with Crippen molar-refractivity contribution in [1.29, 1.82) is 0 Å². The molecule has 0 fully saturated rings. The molecular formula is C43H87N7O2. The number of unbranched alkanes of at least 4 members (excludes halogenated alkanes) is 25. The standard InChI is InChI=1S/C43H87N7O2/c1-3-5-7-9-11-13-15-17-19-20-22-24-26-28-30-32-37-50(36-31-29-27-25-23-21-18-16-14-12-10-8-6-4-2)42(52)40(46)39(45)41(51)38(44)34-33-35-49-43(47)48/h17,19,38-40H,3-16,18,20-37,44-46H2,1-2H3,(H4,47,48,49)/b19-17-/t38-,39?,40-/m0/s1. The van der Waals surface area contributed by atoms with Gasteiger partial charge in [0.2, 0.25) is 5.91 Å². The lowest BCUT2D eigenvalue weighted by Gasteiger charge is -2.29. The molecule has 52 heavy (non-hydrogen) atoms. The first-order valence-corrected chi connectivity index (χ1v) is 22.1. The van der Waals surface area contributed by atoms with Crippen molar-refractivity contribution < 1.29 is 9.59 Å². The summed E-state index contributed by atoms with van der Waals surface area (Å²) in [5.74, 6) is -0.625. The van der Waals surface area contributed by atoms with E-state index in [1.807, 2.05) is 4.90 Å². The molecule has 1 amide bonds. The van der Waals surface area contributed by atoms with Gasteiger partial charge in [-0.15, -0.1) is 0 Å². The van der Waals surface area contributed by atoms with E-state index >= 15 is 0 Å². The van der Waals surface area contributed by atoms with Crippen LogP contribution in [-0.4, -0.2) is 60.3 Å². The van der Waals surface area contributed by atoms with Crippen LogP contribution in [0.5, 0.6) is 0 Å². The predicted molar refractivity (Wildman–Crippen MR) is 225 cm³/mol. The second-order valence-electron chi connectivity index (χ2n) is 15.4. The number of hydrogen-bond donors (Lipinski definition) is 5. The van der Waals surface area contributed by atoms with E-state index in [9.17, 15) is 9.59 Å². The molecule has 0 spiro atoms. The summed E-state index contributed by atoms with van der Waals surface area (Å²) >= 11 is 0. The Labute approximate surface area is 321 Å². The zero-order valence-electron chi connectivity index (χ0n) is 34.3. The summed E-state index contributed by atoms with van der Waals surface area (Å²) in [5, 5.41) is 0. The van der Waals surface area contributed by atoms with Crippen molar-refractivity contribution in [2.45, 2.75) is 225 Å². The van der Waals surface area contributed by atoms with Crippen LogP contribution in [0.3, 0.4) is 0 Å². The van der Waals surface area contributed by atoms with Gasteiger partial charge in [0.25, 0.3) is 0 Å². The lowest BCUT2D eigenvalue weighted by atomic mass is 9.96. The zero-order chi connectivity index (χ0) is 38.5. The number of allylic oxidation sites excluding steroid dienone is 2. The Kier molecular flexibility index (Phi) is 35.9. The molecule has 0 heterocycles. The van der Waals surface area contributed by atoms with Crippen LogP contribution >= 0.6 is 0 Å². The molecule has 306 valence electrons. The fraction of sp³-hybridized carbons (Fsp3) is 0.884. The molecule has 1 unspecified atom stereocenters. The number of guanidine groups is 1. The Morgan fingerprint density at radius 2 is 0.885 bits per heavy atom. The van der Waals surface area contributed by atoms with Crippen molar-refractivity contribution in [1.82, 2.24) is 4.90 Å². The normalized spacial score (nSPS) is 13.3. The highest BCUT2D eigenvalue weighted by molar-refractivity contribution is 5.95. The Morgan fingerprint density at radius 3 is 1.27 bits per heavy atom. The molecule has 0 rings (SSSR count). The molecule has 0 saturated heterocycles. The third kappa shape index (κ3) is 30.5. The van der Waals surface area contributed by atoms with Crippen LogP contribution in [0.25, 0.3) is 0 Å². The molecule has 9 heteroatoms. The van der Waals surface area contributed by atoms with Crippen LogP contribution in [0.4, 0.5) is 0 Å². The number of carbonyl (C=O) groups excluding carboxylic acids is 2. The Bertz CT molecular complexity index is 878. The molecule has 0 aromatic carbocycles. The van der Waals surface area contributed by atoms with E-state index in [2.05, 4.69) is 31.0 Å². The first-order chi connectivity index (χ1) is 25.3. The quantitative estimate of drug-likeness (QED) is 0.0181. The summed E-state index contributed by atoms with van der Waals surface area (Å²) in [7, 11) is 0. The summed E-state index contributed by atoms with van der Waals surface area (Å²) in [6, 6.07) is -3.04. The van der Waals surface area contributed by atoms with Gasteiger partial charge in [-0.25, -0.2) is 0 Å². The number of aliphatic imine (C=N–C) groups is 1. The zero-order valence-corrected chi connectivity index (χ0v) is 34.3. The molecule has 0 bridgehead atoms.